The van der Waals surface area contributed by atoms with Gasteiger partial charge in [-0.25, -0.2) is 26.4 Å². The third-order valence-corrected chi connectivity index (χ3v) is 11.8. The van der Waals surface area contributed by atoms with E-state index in [0.29, 0.717) is 42.8 Å². The van der Waals surface area contributed by atoms with Gasteiger partial charge in [-0.1, -0.05) is 30.3 Å². The first kappa shape index (κ1) is 37.9. The molecule has 0 saturated carbocycles. The smallest absolute Gasteiger partial charge is 0.430 e. The van der Waals surface area contributed by atoms with Crippen LogP contribution in [0.3, 0.4) is 0 Å². The molecule has 5 rings (SSSR count). The Kier molecular flexibility index (Phi) is 10.2. The van der Waals surface area contributed by atoms with Crippen molar-refractivity contribution in [2.75, 3.05) is 26.2 Å². The van der Waals surface area contributed by atoms with Crippen molar-refractivity contribution >= 4 is 21.8 Å². The molecule has 276 valence electrons. The summed E-state index contributed by atoms with van der Waals surface area (Å²) in [7, 11) is -4.66. The van der Waals surface area contributed by atoms with E-state index in [-0.39, 0.29) is 44.0 Å². The minimum Gasteiger partial charge on any atom is -0.481 e. The highest BCUT2D eigenvalue weighted by molar-refractivity contribution is 7.92. The van der Waals surface area contributed by atoms with Crippen molar-refractivity contribution in [3.63, 3.8) is 0 Å². The molecule has 3 aromatic carbocycles. The van der Waals surface area contributed by atoms with Crippen LogP contribution in [0.2, 0.25) is 0 Å². The molecule has 2 aliphatic heterocycles. The van der Waals surface area contributed by atoms with E-state index in [0.717, 1.165) is 35.2 Å². The number of halogens is 9. The largest absolute Gasteiger partial charge is 0.481 e. The molecular formula is C33H29F9N2O6S. The molecular weight excluding hydrogens is 723 g/mol. The first-order valence-electron chi connectivity index (χ1n) is 15.3. The number of hydrogen-bond acceptors (Lipinski definition) is 5. The molecule has 18 heteroatoms. The maximum absolute atomic E-state index is 14.5. The molecule has 0 bridgehead atoms. The zero-order valence-corrected chi connectivity index (χ0v) is 27.1. The van der Waals surface area contributed by atoms with Gasteiger partial charge in [-0.3, -0.25) is 4.79 Å². The predicted molar refractivity (Wildman–Crippen MR) is 160 cm³/mol. The van der Waals surface area contributed by atoms with Crippen molar-refractivity contribution in [3.05, 3.63) is 101 Å². The van der Waals surface area contributed by atoms with Crippen LogP contribution in [-0.4, -0.2) is 73.9 Å². The van der Waals surface area contributed by atoms with Crippen molar-refractivity contribution in [1.82, 2.24) is 9.80 Å². The molecule has 2 amide bonds. The molecule has 2 aliphatic rings. The number of alkyl halides is 6. The Morgan fingerprint density at radius 2 is 1.43 bits per heavy atom. The Morgan fingerprint density at radius 1 is 0.843 bits per heavy atom. The normalized spacial score (nSPS) is 20.2. The zero-order valence-electron chi connectivity index (χ0n) is 26.3. The van der Waals surface area contributed by atoms with Crippen molar-refractivity contribution in [2.24, 2.45) is 5.92 Å². The summed E-state index contributed by atoms with van der Waals surface area (Å²) in [5.74, 6) is -5.15. The van der Waals surface area contributed by atoms with Gasteiger partial charge >= 0.3 is 24.4 Å². The quantitative estimate of drug-likeness (QED) is 0.188. The van der Waals surface area contributed by atoms with Gasteiger partial charge < -0.3 is 19.6 Å². The van der Waals surface area contributed by atoms with E-state index < -0.39 is 91.2 Å². The van der Waals surface area contributed by atoms with Crippen LogP contribution in [0.5, 0.6) is 0 Å². The lowest BCUT2D eigenvalue weighted by atomic mass is 9.88. The molecule has 2 atom stereocenters. The highest BCUT2D eigenvalue weighted by Crippen LogP contribution is 2.54. The van der Waals surface area contributed by atoms with E-state index in [1.54, 1.807) is 0 Å². The fourth-order valence-electron chi connectivity index (χ4n) is 6.61. The minimum atomic E-state index is -6.25. The minimum absolute atomic E-state index is 0.0573. The average molecular weight is 753 g/mol. The highest BCUT2D eigenvalue weighted by atomic mass is 32.2. The molecule has 0 unspecified atom stereocenters. The van der Waals surface area contributed by atoms with Gasteiger partial charge in [0.1, 0.15) is 22.2 Å². The number of urea groups is 1. The third kappa shape index (κ3) is 6.86. The van der Waals surface area contributed by atoms with Crippen LogP contribution in [0.15, 0.2) is 71.6 Å². The van der Waals surface area contributed by atoms with Crippen LogP contribution >= 0.6 is 0 Å². The number of carboxylic acids is 1. The molecule has 2 heterocycles. The van der Waals surface area contributed by atoms with Gasteiger partial charge in [-0.2, -0.15) is 26.3 Å². The maximum Gasteiger partial charge on any atom is 0.430 e. The predicted octanol–water partition coefficient (Wildman–Crippen LogP) is 6.93. The van der Waals surface area contributed by atoms with Crippen molar-refractivity contribution in [2.45, 2.75) is 53.5 Å². The number of benzene rings is 3. The molecule has 8 nitrogen and oxygen atoms in total. The lowest BCUT2D eigenvalue weighted by molar-refractivity contribution is -0.392. The van der Waals surface area contributed by atoms with Crippen molar-refractivity contribution < 1.29 is 67.4 Å². The molecule has 2 saturated heterocycles. The van der Waals surface area contributed by atoms with Crippen LogP contribution < -0.4 is 0 Å². The van der Waals surface area contributed by atoms with E-state index in [1.807, 2.05) is 0 Å². The summed E-state index contributed by atoms with van der Waals surface area (Å²) in [5, 5.41) is 9.12. The van der Waals surface area contributed by atoms with Gasteiger partial charge in [0.25, 0.3) is 5.60 Å². The SMILES string of the molecule is O=C(O)C[C@@H]1CCN(C(=O)N2CC[C@](c3ccc(C(OCc4c(F)cccc4F)(C(F)(F)F)C(F)(F)F)cc3)(S(=O)(=O)c3ccc(F)cc3)C2)C1. The Morgan fingerprint density at radius 3 is 1.98 bits per heavy atom. The molecule has 3 aromatic rings. The summed E-state index contributed by atoms with van der Waals surface area (Å²) in [4.78, 5) is 26.7. The number of amides is 2. The van der Waals surface area contributed by atoms with E-state index in [9.17, 15) is 57.5 Å². The van der Waals surface area contributed by atoms with Gasteiger partial charge in [0.05, 0.1) is 11.5 Å². The monoisotopic (exact) mass is 752 g/mol. The lowest BCUT2D eigenvalue weighted by Crippen LogP contribution is -2.56. The summed E-state index contributed by atoms with van der Waals surface area (Å²) in [5.41, 5.74) is -8.21. The fourth-order valence-corrected chi connectivity index (χ4v) is 8.69. The Labute approximate surface area is 285 Å². The number of rotatable bonds is 9. The molecule has 0 aliphatic carbocycles. The number of sulfone groups is 1. The molecule has 0 radical (unpaired) electrons. The number of hydrogen-bond donors (Lipinski definition) is 1. The van der Waals surface area contributed by atoms with Crippen molar-refractivity contribution in [3.8, 4) is 0 Å². The Hall–Kier alpha value is -4.32. The second-order valence-electron chi connectivity index (χ2n) is 12.3. The number of carboxylic acid groups (broad SMARTS) is 1. The standard InChI is InChI=1S/C33H29F9N2O6S/c34-23-8-10-24(11-9-23)51(48,49)30(13-15-44(19-30)29(47)43-14-12-20(17-43)16-28(45)46)21-4-6-22(7-5-21)31(32(37,38)39,33(40,41)42)50-18-25-26(35)2-1-3-27(25)36/h1-11,20H,12-19H2,(H,45,46)/t20-,30-/m0/s1. The van der Waals surface area contributed by atoms with Crippen LogP contribution in [0, 0.1) is 23.4 Å². The molecule has 51 heavy (non-hydrogen) atoms. The molecule has 0 spiro atoms. The van der Waals surface area contributed by atoms with E-state index in [4.69, 9.17) is 5.11 Å². The summed E-state index contributed by atoms with van der Waals surface area (Å²) in [6.45, 7) is -2.41. The van der Waals surface area contributed by atoms with Gasteiger partial charge in [-0.15, -0.1) is 0 Å². The highest BCUT2D eigenvalue weighted by Gasteiger charge is 2.73. The number of carbonyl (C=O) groups is 2. The van der Waals surface area contributed by atoms with Crippen LogP contribution in [0.4, 0.5) is 44.3 Å². The number of ether oxygens (including phenoxy) is 1. The van der Waals surface area contributed by atoms with Gasteiger partial charge in [-0.05, 0) is 60.7 Å². The molecule has 1 N–H and O–H groups in total. The lowest BCUT2D eigenvalue weighted by Gasteiger charge is -2.38. The van der Waals surface area contributed by atoms with E-state index in [2.05, 4.69) is 4.74 Å². The second kappa shape index (κ2) is 13.7. The fraction of sp³-hybridized carbons (Fsp3) is 0.394. The van der Waals surface area contributed by atoms with Gasteiger partial charge in [0, 0.05) is 43.7 Å². The van der Waals surface area contributed by atoms with E-state index >= 15 is 0 Å². The van der Waals surface area contributed by atoms with Crippen molar-refractivity contribution in [1.29, 1.82) is 0 Å². The van der Waals surface area contributed by atoms with Crippen LogP contribution in [-0.2, 0) is 36.3 Å². The molecule has 0 aromatic heterocycles. The first-order chi connectivity index (χ1) is 23.7. The second-order valence-corrected chi connectivity index (χ2v) is 14.6. The number of likely N-dealkylation sites (tertiary alicyclic amines) is 2. The topological polar surface area (TPSA) is 104 Å². The van der Waals surface area contributed by atoms with Gasteiger partial charge in [0.15, 0.2) is 9.84 Å². The van der Waals surface area contributed by atoms with Crippen LogP contribution in [0.1, 0.15) is 36.0 Å². The average Bonchev–Trinajstić information content (AvgIpc) is 3.70. The molecule has 2 fully saturated rings. The number of aliphatic carboxylic acids is 1. The first-order valence-corrected chi connectivity index (χ1v) is 16.8. The third-order valence-electron chi connectivity index (χ3n) is 9.27. The Balaban J connectivity index is 1.56. The van der Waals surface area contributed by atoms with Crippen LogP contribution in [0.25, 0.3) is 0 Å². The summed E-state index contributed by atoms with van der Waals surface area (Å²) >= 11 is 0. The summed E-state index contributed by atoms with van der Waals surface area (Å²) < 4.78 is 160. The summed E-state index contributed by atoms with van der Waals surface area (Å²) in [6, 6.07) is 7.07. The maximum atomic E-state index is 14.5. The summed E-state index contributed by atoms with van der Waals surface area (Å²) in [6.07, 6.45) is -12.7. The zero-order chi connectivity index (χ0) is 37.6. The van der Waals surface area contributed by atoms with Gasteiger partial charge in [0.2, 0.25) is 0 Å². The number of nitrogens with zero attached hydrogens (tertiary/aromatic N) is 2. The Bertz CT molecular complexity index is 1850. The van der Waals surface area contributed by atoms with E-state index in [1.165, 1.54) is 4.90 Å². The number of carbonyl (C=O) groups excluding carboxylic acids is 1.